The minimum atomic E-state index is -4.86. The topological polar surface area (TPSA) is 75.3 Å². The van der Waals surface area contributed by atoms with Gasteiger partial charge in [-0.2, -0.15) is 8.78 Å². The Labute approximate surface area is 168 Å². The van der Waals surface area contributed by atoms with Crippen LogP contribution in [0.3, 0.4) is 0 Å². The highest BCUT2D eigenvalue weighted by molar-refractivity contribution is 7.91. The zero-order chi connectivity index (χ0) is 21.8. The zero-order valence-electron chi connectivity index (χ0n) is 16.2. The summed E-state index contributed by atoms with van der Waals surface area (Å²) in [5.74, 6) is -4.57. The molecule has 2 rings (SSSR count). The van der Waals surface area contributed by atoms with E-state index >= 15 is 0 Å². The van der Waals surface area contributed by atoms with E-state index in [0.29, 0.717) is 0 Å². The van der Waals surface area contributed by atoms with E-state index in [9.17, 15) is 26.4 Å². The Morgan fingerprint density at radius 2 is 1.62 bits per heavy atom. The van der Waals surface area contributed by atoms with Crippen LogP contribution in [0.15, 0.2) is 53.4 Å². The molecule has 0 fully saturated rings. The highest BCUT2D eigenvalue weighted by Gasteiger charge is 2.30. The summed E-state index contributed by atoms with van der Waals surface area (Å²) in [5, 5.41) is 5.43. The van der Waals surface area contributed by atoms with E-state index in [-0.39, 0.29) is 29.5 Å². The lowest BCUT2D eigenvalue weighted by Crippen LogP contribution is -2.37. The molecule has 2 N–H and O–H groups in total. The molecule has 0 aliphatic carbocycles. The van der Waals surface area contributed by atoms with Crippen LogP contribution in [-0.2, 0) is 14.6 Å². The molecule has 0 radical (unpaired) electrons. The molecule has 29 heavy (non-hydrogen) atoms. The summed E-state index contributed by atoms with van der Waals surface area (Å²) in [6.45, 7) is 5.62. The summed E-state index contributed by atoms with van der Waals surface area (Å²) < 4.78 is 62.6. The Balaban J connectivity index is 2.16. The average molecular weight is 428 g/mol. The van der Waals surface area contributed by atoms with Crippen LogP contribution in [0.2, 0.25) is 0 Å². The molecule has 158 valence electrons. The van der Waals surface area contributed by atoms with E-state index in [0.717, 1.165) is 11.6 Å². The van der Waals surface area contributed by atoms with Crippen LogP contribution in [-0.4, -0.2) is 26.6 Å². The Bertz CT molecular complexity index is 956. The van der Waals surface area contributed by atoms with Gasteiger partial charge in [-0.05, 0) is 35.2 Å². The molecule has 0 aliphatic heterocycles. The van der Waals surface area contributed by atoms with Gasteiger partial charge in [-0.1, -0.05) is 45.0 Å². The maximum Gasteiger partial charge on any atom is 0.341 e. The molecule has 0 saturated heterocycles. The van der Waals surface area contributed by atoms with Crippen molar-refractivity contribution in [3.05, 3.63) is 59.9 Å². The van der Waals surface area contributed by atoms with Gasteiger partial charge in [0.1, 0.15) is 5.82 Å². The van der Waals surface area contributed by atoms with Gasteiger partial charge in [-0.15, -0.1) is 0 Å². The van der Waals surface area contributed by atoms with Crippen molar-refractivity contribution in [2.45, 2.75) is 37.5 Å². The number of halogens is 3. The summed E-state index contributed by atoms with van der Waals surface area (Å²) >= 11 is 0. The number of anilines is 1. The van der Waals surface area contributed by atoms with Gasteiger partial charge in [0.15, 0.2) is 0 Å². The van der Waals surface area contributed by atoms with Crippen LogP contribution in [0.1, 0.15) is 32.4 Å². The van der Waals surface area contributed by atoms with Crippen LogP contribution >= 0.6 is 0 Å². The van der Waals surface area contributed by atoms with E-state index in [1.807, 2.05) is 20.8 Å². The smallest absolute Gasteiger partial charge is 0.324 e. The van der Waals surface area contributed by atoms with Crippen molar-refractivity contribution < 1.29 is 26.4 Å². The molecule has 0 aliphatic rings. The highest BCUT2D eigenvalue weighted by atomic mass is 32.2. The second-order valence-electron chi connectivity index (χ2n) is 7.58. The summed E-state index contributed by atoms with van der Waals surface area (Å²) in [4.78, 5) is 11.7. The van der Waals surface area contributed by atoms with Crippen molar-refractivity contribution >= 4 is 21.4 Å². The first-order chi connectivity index (χ1) is 13.4. The third-order valence-corrected chi connectivity index (χ3v) is 5.68. The molecule has 9 heteroatoms. The Morgan fingerprint density at radius 3 is 2.17 bits per heavy atom. The number of carbonyl (C=O) groups is 1. The van der Waals surface area contributed by atoms with Gasteiger partial charge in [-0.25, -0.2) is 12.8 Å². The maximum atomic E-state index is 13.2. The Hall–Kier alpha value is -2.39. The first-order valence-electron chi connectivity index (χ1n) is 8.82. The summed E-state index contributed by atoms with van der Waals surface area (Å²) in [7, 11) is -4.86. The lowest BCUT2D eigenvalue weighted by Gasteiger charge is -2.32. The first kappa shape index (κ1) is 22.9. The molecule has 1 atom stereocenters. The second kappa shape index (κ2) is 8.96. The molecule has 0 spiro atoms. The number of amides is 1. The summed E-state index contributed by atoms with van der Waals surface area (Å²) in [6, 6.07) is 10.5. The van der Waals surface area contributed by atoms with E-state index in [2.05, 4.69) is 10.6 Å². The average Bonchev–Trinajstić information content (AvgIpc) is 2.62. The van der Waals surface area contributed by atoms with E-state index in [1.54, 1.807) is 12.1 Å². The molecular formula is C20H23F3N2O3S. The lowest BCUT2D eigenvalue weighted by molar-refractivity contribution is -0.115. The van der Waals surface area contributed by atoms with Crippen LogP contribution < -0.4 is 10.6 Å². The number of rotatable bonds is 7. The second-order valence-corrected chi connectivity index (χ2v) is 9.47. The minimum absolute atomic E-state index is 0.206. The van der Waals surface area contributed by atoms with E-state index in [1.165, 1.54) is 30.3 Å². The van der Waals surface area contributed by atoms with Crippen molar-refractivity contribution in [1.82, 2.24) is 5.32 Å². The van der Waals surface area contributed by atoms with Gasteiger partial charge >= 0.3 is 5.76 Å². The monoisotopic (exact) mass is 428 g/mol. The van der Waals surface area contributed by atoms with Gasteiger partial charge in [-0.3, -0.25) is 4.79 Å². The van der Waals surface area contributed by atoms with Crippen molar-refractivity contribution in [1.29, 1.82) is 0 Å². The number of hydrogen-bond acceptors (Lipinski definition) is 4. The van der Waals surface area contributed by atoms with E-state index in [4.69, 9.17) is 0 Å². The van der Waals surface area contributed by atoms with Gasteiger partial charge in [0.05, 0.1) is 17.1 Å². The van der Waals surface area contributed by atoms with Gasteiger partial charge in [0.2, 0.25) is 15.7 Å². The fraction of sp³-hybridized carbons (Fsp3) is 0.350. The number of para-hydroxylation sites is 1. The number of hydrogen-bond donors (Lipinski definition) is 2. The number of nitrogens with one attached hydrogen (secondary N) is 2. The highest BCUT2D eigenvalue weighted by Crippen LogP contribution is 2.32. The first-order valence-corrected chi connectivity index (χ1v) is 10.4. The summed E-state index contributed by atoms with van der Waals surface area (Å²) in [6.07, 6.45) is 0. The van der Waals surface area contributed by atoms with Crippen molar-refractivity contribution in [3.8, 4) is 0 Å². The van der Waals surface area contributed by atoms with Crippen molar-refractivity contribution in [2.75, 3.05) is 11.9 Å². The normalized spacial score (nSPS) is 13.3. The number of sulfone groups is 1. The number of alkyl halides is 2. The minimum Gasteiger partial charge on any atom is -0.324 e. The molecule has 0 bridgehead atoms. The molecular weight excluding hydrogens is 405 g/mol. The number of carbonyl (C=O) groups excluding carboxylic acids is 1. The maximum absolute atomic E-state index is 13.2. The van der Waals surface area contributed by atoms with Crippen LogP contribution in [0.5, 0.6) is 0 Å². The molecule has 1 unspecified atom stereocenters. The predicted octanol–water partition coefficient (Wildman–Crippen LogP) is 4.14. The number of benzene rings is 2. The molecule has 2 aromatic carbocycles. The Morgan fingerprint density at radius 1 is 1.03 bits per heavy atom. The van der Waals surface area contributed by atoms with Gasteiger partial charge in [0, 0.05) is 6.04 Å². The molecule has 1 amide bonds. The fourth-order valence-electron chi connectivity index (χ4n) is 2.88. The van der Waals surface area contributed by atoms with Crippen LogP contribution in [0.25, 0.3) is 0 Å². The molecule has 0 saturated carbocycles. The molecule has 5 nitrogen and oxygen atoms in total. The van der Waals surface area contributed by atoms with Gasteiger partial charge < -0.3 is 10.6 Å². The van der Waals surface area contributed by atoms with Gasteiger partial charge in [0.25, 0.3) is 0 Å². The van der Waals surface area contributed by atoms with Crippen molar-refractivity contribution in [3.63, 3.8) is 0 Å². The molecule has 0 heterocycles. The standard InChI is InChI=1S/C20H23F3N2O3S/c1-20(2,3)18(13-8-10-14(21)11-9-13)24-12-17(26)25-15-6-4-5-7-16(15)29(27,28)19(22)23/h4-11,18-19,24H,12H2,1-3H3,(H,25,26). The third-order valence-electron chi connectivity index (χ3n) is 4.24. The van der Waals surface area contributed by atoms with E-state index < -0.39 is 26.4 Å². The summed E-state index contributed by atoms with van der Waals surface area (Å²) in [5.41, 5.74) is 0.232. The SMILES string of the molecule is CC(C)(C)C(NCC(=O)Nc1ccccc1S(=O)(=O)C(F)F)c1ccc(F)cc1. The van der Waals surface area contributed by atoms with Crippen LogP contribution in [0, 0.1) is 11.2 Å². The lowest BCUT2D eigenvalue weighted by atomic mass is 9.82. The van der Waals surface area contributed by atoms with Crippen molar-refractivity contribution in [2.24, 2.45) is 5.41 Å². The Kier molecular flexibility index (Phi) is 7.07. The predicted molar refractivity (Wildman–Crippen MR) is 105 cm³/mol. The fourth-order valence-corrected chi connectivity index (χ4v) is 3.77. The zero-order valence-corrected chi connectivity index (χ0v) is 17.1. The van der Waals surface area contributed by atoms with Crippen LogP contribution in [0.4, 0.5) is 18.9 Å². The largest absolute Gasteiger partial charge is 0.341 e. The quantitative estimate of drug-likeness (QED) is 0.695. The molecule has 0 aromatic heterocycles. The third kappa shape index (κ3) is 5.80. The molecule has 2 aromatic rings.